The van der Waals surface area contributed by atoms with Crippen molar-refractivity contribution >= 4 is 17.5 Å². The van der Waals surface area contributed by atoms with Crippen LogP contribution in [0.1, 0.15) is 31.7 Å². The van der Waals surface area contributed by atoms with Gasteiger partial charge in [0, 0.05) is 12.1 Å². The second-order valence-corrected chi connectivity index (χ2v) is 5.22. The second-order valence-electron chi connectivity index (χ2n) is 4.78. The largest absolute Gasteiger partial charge is 0.351 e. The fourth-order valence-electron chi connectivity index (χ4n) is 2.48. The Morgan fingerprint density at radius 2 is 1.68 bits per heavy atom. The van der Waals surface area contributed by atoms with Gasteiger partial charge in [-0.1, -0.05) is 11.6 Å². The highest BCUT2D eigenvalue weighted by Gasteiger charge is 2.22. The van der Waals surface area contributed by atoms with E-state index in [4.69, 9.17) is 11.6 Å². The number of anilines is 1. The summed E-state index contributed by atoms with van der Waals surface area (Å²) in [5.41, 5.74) is 0. The van der Waals surface area contributed by atoms with Crippen LogP contribution in [-0.4, -0.2) is 30.8 Å². The Bertz CT molecular complexity index is 504. The molecule has 3 rings (SSSR count). The van der Waals surface area contributed by atoms with Crippen LogP contribution in [-0.2, 0) is 0 Å². The molecule has 19 heavy (non-hydrogen) atoms. The van der Waals surface area contributed by atoms with Crippen LogP contribution < -0.4 is 5.32 Å². The Labute approximate surface area is 116 Å². The normalized spacial score (nSPS) is 23.2. The van der Waals surface area contributed by atoms with E-state index in [1.807, 2.05) is 0 Å². The van der Waals surface area contributed by atoms with Crippen LogP contribution in [0, 0.1) is 0 Å². The number of halogens is 1. The van der Waals surface area contributed by atoms with Gasteiger partial charge in [0.2, 0.25) is 5.95 Å². The minimum atomic E-state index is 0.425. The van der Waals surface area contributed by atoms with Crippen molar-refractivity contribution in [1.29, 1.82) is 0 Å². The molecule has 0 radical (unpaired) electrons. The molecule has 0 atom stereocenters. The SMILES string of the molecule is Clc1cnc(NC2CCC(n3cnnc3)CC2)nc1. The van der Waals surface area contributed by atoms with Crippen LogP contribution in [0.3, 0.4) is 0 Å². The van der Waals surface area contributed by atoms with Gasteiger partial charge in [-0.15, -0.1) is 10.2 Å². The fraction of sp³-hybridized carbons (Fsp3) is 0.500. The molecule has 7 heteroatoms. The van der Waals surface area contributed by atoms with Gasteiger partial charge in [-0.05, 0) is 25.7 Å². The number of rotatable bonds is 3. The molecule has 100 valence electrons. The summed E-state index contributed by atoms with van der Waals surface area (Å²) in [5, 5.41) is 11.6. The molecule has 0 unspecified atom stereocenters. The van der Waals surface area contributed by atoms with Crippen molar-refractivity contribution < 1.29 is 0 Å². The van der Waals surface area contributed by atoms with Crippen molar-refractivity contribution in [2.75, 3.05) is 5.32 Å². The van der Waals surface area contributed by atoms with Crippen LogP contribution >= 0.6 is 11.6 Å². The smallest absolute Gasteiger partial charge is 0.222 e. The molecule has 0 amide bonds. The van der Waals surface area contributed by atoms with E-state index >= 15 is 0 Å². The Morgan fingerprint density at radius 1 is 1.05 bits per heavy atom. The minimum absolute atomic E-state index is 0.425. The summed E-state index contributed by atoms with van der Waals surface area (Å²) in [5.74, 6) is 0.650. The molecule has 1 aliphatic carbocycles. The molecule has 1 fully saturated rings. The first-order valence-electron chi connectivity index (χ1n) is 6.39. The number of nitrogens with one attached hydrogen (secondary N) is 1. The minimum Gasteiger partial charge on any atom is -0.351 e. The van der Waals surface area contributed by atoms with Gasteiger partial charge in [-0.2, -0.15) is 0 Å². The molecule has 1 aliphatic rings. The molecule has 0 spiro atoms. The summed E-state index contributed by atoms with van der Waals surface area (Å²) in [6, 6.07) is 0.938. The van der Waals surface area contributed by atoms with E-state index in [-0.39, 0.29) is 0 Å². The van der Waals surface area contributed by atoms with Crippen LogP contribution in [0.2, 0.25) is 5.02 Å². The van der Waals surface area contributed by atoms with Gasteiger partial charge < -0.3 is 9.88 Å². The van der Waals surface area contributed by atoms with Crippen LogP contribution in [0.5, 0.6) is 0 Å². The van der Waals surface area contributed by atoms with E-state index < -0.39 is 0 Å². The summed E-state index contributed by atoms with van der Waals surface area (Å²) in [6.07, 6.45) is 11.2. The number of hydrogen-bond donors (Lipinski definition) is 1. The molecule has 1 N–H and O–H groups in total. The first kappa shape index (κ1) is 12.3. The average molecular weight is 279 g/mol. The lowest BCUT2D eigenvalue weighted by molar-refractivity contribution is 0.333. The number of hydrogen-bond acceptors (Lipinski definition) is 5. The summed E-state index contributed by atoms with van der Waals surface area (Å²) in [4.78, 5) is 8.32. The second kappa shape index (κ2) is 5.52. The van der Waals surface area contributed by atoms with Gasteiger partial charge in [0.15, 0.2) is 0 Å². The van der Waals surface area contributed by atoms with Crippen molar-refractivity contribution in [2.45, 2.75) is 37.8 Å². The molecule has 2 heterocycles. The van der Waals surface area contributed by atoms with Gasteiger partial charge in [0.05, 0.1) is 17.4 Å². The predicted molar refractivity (Wildman–Crippen MR) is 72.0 cm³/mol. The third kappa shape index (κ3) is 3.01. The van der Waals surface area contributed by atoms with Crippen molar-refractivity contribution in [3.8, 4) is 0 Å². The predicted octanol–water partition coefficient (Wildman–Crippen LogP) is 2.32. The Kier molecular flexibility index (Phi) is 3.59. The molecule has 1 saturated carbocycles. The summed E-state index contributed by atoms with van der Waals surface area (Å²) in [6.45, 7) is 0. The molecular formula is C12H15ClN6. The van der Waals surface area contributed by atoms with Gasteiger partial charge in [0.1, 0.15) is 12.7 Å². The molecule has 0 aliphatic heterocycles. The van der Waals surface area contributed by atoms with Crippen LogP contribution in [0.25, 0.3) is 0 Å². The summed E-state index contributed by atoms with van der Waals surface area (Å²) >= 11 is 5.76. The van der Waals surface area contributed by atoms with Crippen molar-refractivity contribution in [3.05, 3.63) is 30.1 Å². The zero-order chi connectivity index (χ0) is 13.1. The highest BCUT2D eigenvalue weighted by molar-refractivity contribution is 6.30. The molecule has 0 saturated heterocycles. The van der Waals surface area contributed by atoms with Gasteiger partial charge >= 0.3 is 0 Å². The summed E-state index contributed by atoms with van der Waals surface area (Å²) in [7, 11) is 0. The molecule has 2 aromatic heterocycles. The zero-order valence-electron chi connectivity index (χ0n) is 10.4. The maximum atomic E-state index is 5.76. The van der Waals surface area contributed by atoms with Crippen LogP contribution in [0.15, 0.2) is 25.0 Å². The first-order chi connectivity index (χ1) is 9.31. The molecule has 6 nitrogen and oxygen atoms in total. The van der Waals surface area contributed by atoms with E-state index in [9.17, 15) is 0 Å². The van der Waals surface area contributed by atoms with Gasteiger partial charge in [0.25, 0.3) is 0 Å². The van der Waals surface area contributed by atoms with E-state index in [1.165, 1.54) is 0 Å². The lowest BCUT2D eigenvalue weighted by Gasteiger charge is -2.29. The maximum Gasteiger partial charge on any atom is 0.222 e. The van der Waals surface area contributed by atoms with Gasteiger partial charge in [-0.3, -0.25) is 0 Å². The monoisotopic (exact) mass is 278 g/mol. The lowest BCUT2D eigenvalue weighted by atomic mass is 9.91. The Balaban J connectivity index is 1.54. The molecule has 0 bridgehead atoms. The molecular weight excluding hydrogens is 264 g/mol. The van der Waals surface area contributed by atoms with Crippen molar-refractivity contribution in [1.82, 2.24) is 24.7 Å². The first-order valence-corrected chi connectivity index (χ1v) is 6.77. The fourth-order valence-corrected chi connectivity index (χ4v) is 2.58. The zero-order valence-corrected chi connectivity index (χ0v) is 11.2. The molecule has 2 aromatic rings. The van der Waals surface area contributed by atoms with E-state index in [0.29, 0.717) is 23.1 Å². The number of nitrogens with zero attached hydrogens (tertiary/aromatic N) is 5. The van der Waals surface area contributed by atoms with E-state index in [2.05, 4.69) is 30.0 Å². The van der Waals surface area contributed by atoms with E-state index in [1.54, 1.807) is 25.0 Å². The van der Waals surface area contributed by atoms with Gasteiger partial charge in [-0.25, -0.2) is 9.97 Å². The van der Waals surface area contributed by atoms with Crippen LogP contribution in [0.4, 0.5) is 5.95 Å². The quantitative estimate of drug-likeness (QED) is 0.933. The van der Waals surface area contributed by atoms with Crippen molar-refractivity contribution in [3.63, 3.8) is 0 Å². The molecule has 0 aromatic carbocycles. The van der Waals surface area contributed by atoms with Crippen molar-refractivity contribution in [2.24, 2.45) is 0 Å². The average Bonchev–Trinajstić information content (AvgIpc) is 2.96. The third-order valence-electron chi connectivity index (χ3n) is 3.51. The Morgan fingerprint density at radius 3 is 2.32 bits per heavy atom. The topological polar surface area (TPSA) is 68.5 Å². The maximum absolute atomic E-state index is 5.76. The Hall–Kier alpha value is -1.69. The lowest BCUT2D eigenvalue weighted by Crippen LogP contribution is -2.27. The highest BCUT2D eigenvalue weighted by Crippen LogP contribution is 2.29. The standard InChI is InChI=1S/C12H15ClN6/c13-9-5-14-12(15-6-9)18-10-1-3-11(4-2-10)19-7-16-17-8-19/h5-8,10-11H,1-4H2,(H,14,15,18). The third-order valence-corrected chi connectivity index (χ3v) is 3.70. The summed E-state index contributed by atoms with van der Waals surface area (Å²) < 4.78 is 2.09. The highest BCUT2D eigenvalue weighted by atomic mass is 35.5. The number of aromatic nitrogens is 5. The van der Waals surface area contributed by atoms with E-state index in [0.717, 1.165) is 25.7 Å².